The Morgan fingerprint density at radius 3 is 2.67 bits per heavy atom. The van der Waals surface area contributed by atoms with E-state index in [1.807, 2.05) is 0 Å². The van der Waals surface area contributed by atoms with Gasteiger partial charge in [-0.1, -0.05) is 24.3 Å². The first-order valence-corrected chi connectivity index (χ1v) is 11.3. The first kappa shape index (κ1) is 19.1. The molecule has 0 saturated heterocycles. The van der Waals surface area contributed by atoms with Gasteiger partial charge in [0.2, 0.25) is 5.13 Å². The number of furan rings is 1. The molecule has 1 unspecified atom stereocenters. The molecule has 2 aromatic carbocycles. The molecule has 0 aliphatic heterocycles. The quantitative estimate of drug-likeness (QED) is 0.359. The van der Waals surface area contributed by atoms with Gasteiger partial charge in [-0.05, 0) is 73.9 Å². The molecule has 1 aliphatic carbocycles. The fourth-order valence-corrected chi connectivity index (χ4v) is 4.02. The molecule has 2 heterocycles. The lowest BCUT2D eigenvalue weighted by Crippen LogP contribution is -2.04. The van der Waals surface area contributed by atoms with E-state index in [9.17, 15) is 0 Å². The Bertz CT molecular complexity index is 1100. The van der Waals surface area contributed by atoms with Crippen LogP contribution in [0.2, 0.25) is 0 Å². The number of nitrogens with one attached hydrogen (secondary N) is 1. The van der Waals surface area contributed by atoms with E-state index in [0.717, 1.165) is 53.0 Å². The Morgan fingerprint density at radius 1 is 1.10 bits per heavy atom. The largest absolute Gasteiger partial charge is 0.493 e. The zero-order valence-corrected chi connectivity index (χ0v) is 17.8. The van der Waals surface area contributed by atoms with Crippen LogP contribution in [-0.2, 0) is 12.8 Å². The number of rotatable bonds is 9. The molecule has 5 rings (SSSR count). The van der Waals surface area contributed by atoms with Crippen molar-refractivity contribution in [2.75, 3.05) is 11.9 Å². The van der Waals surface area contributed by atoms with Crippen LogP contribution >= 0.6 is 11.5 Å². The average molecular weight is 420 g/mol. The average Bonchev–Trinajstić information content (AvgIpc) is 3.27. The molecule has 2 aromatic heterocycles. The lowest BCUT2D eigenvalue weighted by atomic mass is 10.0. The molecule has 0 radical (unpaired) electrons. The maximum Gasteiger partial charge on any atom is 0.202 e. The molecule has 1 aliphatic rings. The van der Waals surface area contributed by atoms with Crippen LogP contribution in [0.15, 0.2) is 59.3 Å². The fourth-order valence-electron chi connectivity index (χ4n) is 3.50. The van der Waals surface area contributed by atoms with Crippen molar-refractivity contribution in [1.82, 2.24) is 9.36 Å². The Hall–Kier alpha value is -2.86. The smallest absolute Gasteiger partial charge is 0.202 e. The maximum atomic E-state index is 6.12. The van der Waals surface area contributed by atoms with E-state index in [4.69, 9.17) is 9.15 Å². The summed E-state index contributed by atoms with van der Waals surface area (Å²) >= 11 is 1.35. The van der Waals surface area contributed by atoms with E-state index >= 15 is 0 Å². The fraction of sp³-hybridized carbons (Fsp3) is 0.333. The molecule has 1 atom stereocenters. The number of aryl methyl sites for hydroxylation is 2. The van der Waals surface area contributed by atoms with Crippen LogP contribution in [0.1, 0.15) is 42.7 Å². The molecular formula is C24H25N3O2S. The molecule has 4 aromatic rings. The number of fused-ring (bicyclic) bond motifs is 1. The predicted octanol–water partition coefficient (Wildman–Crippen LogP) is 6.03. The normalized spacial score (nSPS) is 14.7. The van der Waals surface area contributed by atoms with Gasteiger partial charge < -0.3 is 14.5 Å². The van der Waals surface area contributed by atoms with E-state index in [2.05, 4.69) is 70.1 Å². The SMILES string of the molecule is CC(Nc1ncns1)c1cc2ccc(CCc3ccc(OCC4CC4)cc3)cc2o1. The molecule has 1 fully saturated rings. The van der Waals surface area contributed by atoms with Crippen LogP contribution in [-0.4, -0.2) is 16.0 Å². The number of ether oxygens (including phenoxy) is 1. The van der Waals surface area contributed by atoms with Crippen molar-refractivity contribution in [1.29, 1.82) is 0 Å². The first-order valence-electron chi connectivity index (χ1n) is 10.5. The van der Waals surface area contributed by atoms with E-state index in [-0.39, 0.29) is 6.04 Å². The Kier molecular flexibility index (Phi) is 5.41. The first-order chi connectivity index (χ1) is 14.7. The van der Waals surface area contributed by atoms with Gasteiger partial charge in [-0.2, -0.15) is 4.37 Å². The maximum absolute atomic E-state index is 6.12. The summed E-state index contributed by atoms with van der Waals surface area (Å²) in [6.45, 7) is 2.93. The Balaban J connectivity index is 1.20. The van der Waals surface area contributed by atoms with Gasteiger partial charge in [0.1, 0.15) is 23.4 Å². The highest BCUT2D eigenvalue weighted by Gasteiger charge is 2.21. The third kappa shape index (κ3) is 4.65. The third-order valence-corrected chi connectivity index (χ3v) is 6.14. The predicted molar refractivity (Wildman–Crippen MR) is 120 cm³/mol. The van der Waals surface area contributed by atoms with Crippen LogP contribution in [0.4, 0.5) is 5.13 Å². The zero-order chi connectivity index (χ0) is 20.3. The highest BCUT2D eigenvalue weighted by atomic mass is 32.1. The summed E-state index contributed by atoms with van der Waals surface area (Å²) in [5.41, 5.74) is 3.53. The van der Waals surface area contributed by atoms with Crippen molar-refractivity contribution in [3.63, 3.8) is 0 Å². The summed E-state index contributed by atoms with van der Waals surface area (Å²) in [6.07, 6.45) is 6.17. The van der Waals surface area contributed by atoms with Gasteiger partial charge in [0, 0.05) is 16.9 Å². The number of nitrogens with zero attached hydrogens (tertiary/aromatic N) is 2. The molecule has 0 amide bonds. The van der Waals surface area contributed by atoms with Crippen LogP contribution in [0.3, 0.4) is 0 Å². The number of aromatic nitrogens is 2. The van der Waals surface area contributed by atoms with Crippen LogP contribution in [0.25, 0.3) is 11.0 Å². The zero-order valence-electron chi connectivity index (χ0n) is 17.0. The number of anilines is 1. The Morgan fingerprint density at radius 2 is 1.90 bits per heavy atom. The minimum Gasteiger partial charge on any atom is -0.493 e. The number of hydrogen-bond donors (Lipinski definition) is 1. The molecule has 0 bridgehead atoms. The molecular weight excluding hydrogens is 394 g/mol. The molecule has 154 valence electrons. The summed E-state index contributed by atoms with van der Waals surface area (Å²) in [6, 6.07) is 17.1. The molecule has 0 spiro atoms. The van der Waals surface area contributed by atoms with Gasteiger partial charge in [-0.25, -0.2) is 4.98 Å². The Labute approximate surface area is 180 Å². The lowest BCUT2D eigenvalue weighted by Gasteiger charge is -2.08. The van der Waals surface area contributed by atoms with Crippen molar-refractivity contribution >= 4 is 27.6 Å². The van der Waals surface area contributed by atoms with Crippen LogP contribution in [0.5, 0.6) is 5.75 Å². The van der Waals surface area contributed by atoms with Gasteiger partial charge in [0.25, 0.3) is 0 Å². The summed E-state index contributed by atoms with van der Waals surface area (Å²) < 4.78 is 16.0. The van der Waals surface area contributed by atoms with E-state index in [1.165, 1.54) is 35.5 Å². The summed E-state index contributed by atoms with van der Waals surface area (Å²) in [5.74, 6) is 2.66. The van der Waals surface area contributed by atoms with Crippen LogP contribution in [0, 0.1) is 5.92 Å². The van der Waals surface area contributed by atoms with E-state index in [0.29, 0.717) is 0 Å². The molecule has 1 N–H and O–H groups in total. The van der Waals surface area contributed by atoms with Gasteiger partial charge in [0.15, 0.2) is 0 Å². The van der Waals surface area contributed by atoms with Gasteiger partial charge in [-0.15, -0.1) is 0 Å². The second-order valence-corrected chi connectivity index (χ2v) is 8.81. The van der Waals surface area contributed by atoms with Crippen molar-refractivity contribution in [3.8, 4) is 5.75 Å². The molecule has 6 heteroatoms. The van der Waals surface area contributed by atoms with E-state index in [1.54, 1.807) is 6.33 Å². The third-order valence-electron chi connectivity index (χ3n) is 5.54. The topological polar surface area (TPSA) is 60.2 Å². The summed E-state index contributed by atoms with van der Waals surface area (Å²) in [5, 5.41) is 5.25. The van der Waals surface area contributed by atoms with Crippen molar-refractivity contribution < 1.29 is 9.15 Å². The van der Waals surface area contributed by atoms with Gasteiger partial charge in [-0.3, -0.25) is 0 Å². The minimum atomic E-state index is 0.0365. The molecule has 5 nitrogen and oxygen atoms in total. The molecule has 1 saturated carbocycles. The second kappa shape index (κ2) is 8.48. The number of hydrogen-bond acceptors (Lipinski definition) is 6. The van der Waals surface area contributed by atoms with E-state index < -0.39 is 0 Å². The second-order valence-electron chi connectivity index (χ2n) is 8.03. The number of benzene rings is 2. The standard InChI is InChI=1S/C24H25N3O2S/c1-16(27-24-25-15-26-30-24)22-13-20-9-6-18(12-23(20)29-22)3-2-17-7-10-21(11-8-17)28-14-19-4-5-19/h6-13,15-16,19H,2-5,14H2,1H3,(H,25,26,27). The minimum absolute atomic E-state index is 0.0365. The van der Waals surface area contributed by atoms with Crippen molar-refractivity contribution in [2.45, 2.75) is 38.6 Å². The summed E-state index contributed by atoms with van der Waals surface area (Å²) in [4.78, 5) is 4.18. The summed E-state index contributed by atoms with van der Waals surface area (Å²) in [7, 11) is 0. The highest BCUT2D eigenvalue weighted by Crippen LogP contribution is 2.30. The highest BCUT2D eigenvalue weighted by molar-refractivity contribution is 7.09. The van der Waals surface area contributed by atoms with Crippen LogP contribution < -0.4 is 10.1 Å². The lowest BCUT2D eigenvalue weighted by molar-refractivity contribution is 0.299. The van der Waals surface area contributed by atoms with Gasteiger partial charge >= 0.3 is 0 Å². The van der Waals surface area contributed by atoms with Gasteiger partial charge in [0.05, 0.1) is 12.6 Å². The monoisotopic (exact) mass is 419 g/mol. The molecule has 30 heavy (non-hydrogen) atoms. The van der Waals surface area contributed by atoms with Crippen molar-refractivity contribution in [2.24, 2.45) is 5.92 Å². The van der Waals surface area contributed by atoms with Crippen molar-refractivity contribution in [3.05, 3.63) is 71.7 Å².